The van der Waals surface area contributed by atoms with Crippen molar-refractivity contribution in [3.8, 4) is 5.82 Å². The van der Waals surface area contributed by atoms with Gasteiger partial charge >= 0.3 is 0 Å². The summed E-state index contributed by atoms with van der Waals surface area (Å²) < 4.78 is 4.35. The molecule has 0 unspecified atom stereocenters. The number of hydrogen-bond donors (Lipinski definition) is 1. The second-order valence-corrected chi connectivity index (χ2v) is 9.21. The number of benzene rings is 1. The van der Waals surface area contributed by atoms with Crippen LogP contribution in [0.25, 0.3) is 16.0 Å². The van der Waals surface area contributed by atoms with Crippen molar-refractivity contribution in [2.45, 2.75) is 51.6 Å². The molecule has 1 aromatic carbocycles. The smallest absolute Gasteiger partial charge is 0.267 e. The molecule has 9 heteroatoms. The lowest BCUT2D eigenvalue weighted by atomic mass is 9.91. The largest absolute Gasteiger partial charge is 0.349 e. The number of rotatable bonds is 4. The SMILES string of the molecule is Cc1cc(C)n(-c2ccc(=O)n(C3CCC(NC(=O)c4ccc5ncsc5c4)CC3)n2)n1. The second kappa shape index (κ2) is 8.31. The zero-order valence-electron chi connectivity index (χ0n) is 18.0. The zero-order valence-corrected chi connectivity index (χ0v) is 18.8. The molecule has 0 radical (unpaired) electrons. The summed E-state index contributed by atoms with van der Waals surface area (Å²) >= 11 is 1.53. The number of carbonyl (C=O) groups is 1. The van der Waals surface area contributed by atoms with Crippen molar-refractivity contribution in [2.24, 2.45) is 0 Å². The Kier molecular flexibility index (Phi) is 5.34. The first-order valence-corrected chi connectivity index (χ1v) is 11.6. The molecule has 8 nitrogen and oxygen atoms in total. The van der Waals surface area contributed by atoms with Crippen LogP contribution in [0.5, 0.6) is 0 Å². The van der Waals surface area contributed by atoms with Gasteiger partial charge < -0.3 is 5.32 Å². The fraction of sp³-hybridized carbons (Fsp3) is 0.348. The van der Waals surface area contributed by atoms with Crippen molar-refractivity contribution < 1.29 is 4.79 Å². The van der Waals surface area contributed by atoms with Crippen LogP contribution in [-0.4, -0.2) is 36.5 Å². The maximum absolute atomic E-state index is 12.7. The van der Waals surface area contributed by atoms with Gasteiger partial charge in [0.1, 0.15) is 0 Å². The van der Waals surface area contributed by atoms with Crippen LogP contribution in [0.1, 0.15) is 53.5 Å². The van der Waals surface area contributed by atoms with Gasteiger partial charge in [0.25, 0.3) is 11.5 Å². The predicted octanol–water partition coefficient (Wildman–Crippen LogP) is 3.57. The van der Waals surface area contributed by atoms with Crippen LogP contribution >= 0.6 is 11.3 Å². The van der Waals surface area contributed by atoms with E-state index in [0.29, 0.717) is 11.4 Å². The summed E-state index contributed by atoms with van der Waals surface area (Å²) in [7, 11) is 0. The zero-order chi connectivity index (χ0) is 22.2. The average Bonchev–Trinajstić information content (AvgIpc) is 3.39. The number of amides is 1. The van der Waals surface area contributed by atoms with Crippen LogP contribution in [0.2, 0.25) is 0 Å². The van der Waals surface area contributed by atoms with E-state index in [1.165, 1.54) is 11.3 Å². The highest BCUT2D eigenvalue weighted by Crippen LogP contribution is 2.28. The molecule has 1 saturated carbocycles. The highest BCUT2D eigenvalue weighted by atomic mass is 32.1. The van der Waals surface area contributed by atoms with Gasteiger partial charge in [-0.1, -0.05) is 0 Å². The molecule has 3 aromatic heterocycles. The van der Waals surface area contributed by atoms with Crippen molar-refractivity contribution in [3.63, 3.8) is 0 Å². The Morgan fingerprint density at radius 1 is 1.06 bits per heavy atom. The molecule has 1 aliphatic rings. The Morgan fingerprint density at radius 2 is 1.88 bits per heavy atom. The normalized spacial score (nSPS) is 18.7. The van der Waals surface area contributed by atoms with E-state index in [1.807, 2.05) is 38.1 Å². The van der Waals surface area contributed by atoms with Crippen LogP contribution in [0.15, 0.2) is 46.7 Å². The lowest BCUT2D eigenvalue weighted by Gasteiger charge is -2.29. The number of thiazole rings is 1. The van der Waals surface area contributed by atoms with Crippen molar-refractivity contribution >= 4 is 27.5 Å². The molecular formula is C23H24N6O2S. The van der Waals surface area contributed by atoms with Gasteiger partial charge in [0, 0.05) is 23.4 Å². The fourth-order valence-electron chi connectivity index (χ4n) is 4.38. The maximum Gasteiger partial charge on any atom is 0.267 e. The minimum absolute atomic E-state index is 0.0149. The van der Waals surface area contributed by atoms with Gasteiger partial charge in [-0.25, -0.2) is 14.3 Å². The molecule has 1 amide bonds. The Labute approximate surface area is 188 Å². The van der Waals surface area contributed by atoms with Gasteiger partial charge in [0.05, 0.1) is 27.5 Å². The first-order valence-electron chi connectivity index (χ1n) is 10.8. The number of nitrogens with zero attached hydrogens (tertiary/aromatic N) is 5. The van der Waals surface area contributed by atoms with Crippen molar-refractivity contribution in [3.05, 3.63) is 69.2 Å². The van der Waals surface area contributed by atoms with Crippen LogP contribution in [-0.2, 0) is 0 Å². The third-order valence-electron chi connectivity index (χ3n) is 6.01. The molecular weight excluding hydrogens is 424 g/mol. The van der Waals surface area contributed by atoms with Crippen LogP contribution in [0.4, 0.5) is 0 Å². The van der Waals surface area contributed by atoms with Crippen molar-refractivity contribution in [1.29, 1.82) is 0 Å². The predicted molar refractivity (Wildman–Crippen MR) is 123 cm³/mol. The Hall–Kier alpha value is -3.33. The molecule has 0 saturated heterocycles. The first-order chi connectivity index (χ1) is 15.5. The molecule has 32 heavy (non-hydrogen) atoms. The molecule has 3 heterocycles. The van der Waals surface area contributed by atoms with Gasteiger partial charge in [-0.15, -0.1) is 16.4 Å². The number of fused-ring (bicyclic) bond motifs is 1. The highest BCUT2D eigenvalue weighted by molar-refractivity contribution is 7.16. The minimum Gasteiger partial charge on any atom is -0.349 e. The van der Waals surface area contributed by atoms with Gasteiger partial charge in [0.15, 0.2) is 5.82 Å². The van der Waals surface area contributed by atoms with Crippen LogP contribution in [0, 0.1) is 13.8 Å². The summed E-state index contributed by atoms with van der Waals surface area (Å²) in [4.78, 5) is 29.5. The van der Waals surface area contributed by atoms with E-state index in [0.717, 1.165) is 47.3 Å². The van der Waals surface area contributed by atoms with Crippen molar-refractivity contribution in [1.82, 2.24) is 29.9 Å². The molecule has 164 valence electrons. The Bertz CT molecular complexity index is 1350. The summed E-state index contributed by atoms with van der Waals surface area (Å²) in [6, 6.07) is 10.9. The second-order valence-electron chi connectivity index (χ2n) is 8.33. The fourth-order valence-corrected chi connectivity index (χ4v) is 5.10. The lowest BCUT2D eigenvalue weighted by molar-refractivity contribution is 0.0921. The van der Waals surface area contributed by atoms with E-state index in [1.54, 1.807) is 27.0 Å². The first kappa shape index (κ1) is 20.6. The molecule has 5 rings (SSSR count). The van der Waals surface area contributed by atoms with Gasteiger partial charge in [0.2, 0.25) is 0 Å². The molecule has 1 fully saturated rings. The number of nitrogens with one attached hydrogen (secondary N) is 1. The maximum atomic E-state index is 12.7. The number of hydrogen-bond acceptors (Lipinski definition) is 6. The average molecular weight is 449 g/mol. The molecule has 0 spiro atoms. The van der Waals surface area contributed by atoms with Gasteiger partial charge in [-0.05, 0) is 69.9 Å². The molecule has 0 aliphatic heterocycles. The Balaban J connectivity index is 1.26. The van der Waals surface area contributed by atoms with E-state index >= 15 is 0 Å². The molecule has 1 aliphatic carbocycles. The highest BCUT2D eigenvalue weighted by Gasteiger charge is 2.25. The number of aromatic nitrogens is 5. The van der Waals surface area contributed by atoms with Crippen LogP contribution in [0.3, 0.4) is 0 Å². The third-order valence-corrected chi connectivity index (χ3v) is 6.80. The third kappa shape index (κ3) is 3.95. The van der Waals surface area contributed by atoms with Gasteiger partial charge in [-0.2, -0.15) is 5.10 Å². The summed E-state index contributed by atoms with van der Waals surface area (Å²) in [5.74, 6) is 0.578. The summed E-state index contributed by atoms with van der Waals surface area (Å²) in [6.45, 7) is 3.90. The lowest BCUT2D eigenvalue weighted by Crippen LogP contribution is -2.39. The minimum atomic E-state index is -0.111. The van der Waals surface area contributed by atoms with Gasteiger partial charge in [-0.3, -0.25) is 9.59 Å². The quantitative estimate of drug-likeness (QED) is 0.515. The van der Waals surface area contributed by atoms with E-state index < -0.39 is 0 Å². The number of aryl methyl sites for hydroxylation is 2. The number of carbonyl (C=O) groups excluding carboxylic acids is 1. The molecule has 0 atom stereocenters. The van der Waals surface area contributed by atoms with E-state index in [9.17, 15) is 9.59 Å². The summed E-state index contributed by atoms with van der Waals surface area (Å²) in [5, 5.41) is 12.2. The summed E-state index contributed by atoms with van der Waals surface area (Å²) in [6.07, 6.45) is 3.17. The Morgan fingerprint density at radius 3 is 2.62 bits per heavy atom. The van der Waals surface area contributed by atoms with Crippen LogP contribution < -0.4 is 10.9 Å². The molecule has 4 aromatic rings. The van der Waals surface area contributed by atoms with E-state index in [-0.39, 0.29) is 23.6 Å². The van der Waals surface area contributed by atoms with E-state index in [4.69, 9.17) is 0 Å². The monoisotopic (exact) mass is 448 g/mol. The standard InChI is InChI=1S/C23H24N6O2S/c1-14-11-15(2)28(26-14)21-9-10-22(30)29(27-21)18-6-4-17(5-7-18)25-23(31)16-3-8-19-20(12-16)32-13-24-19/h3,8-13,17-18H,4-7H2,1-2H3,(H,25,31). The molecule has 1 N–H and O–H groups in total. The summed E-state index contributed by atoms with van der Waals surface area (Å²) in [5.41, 5.74) is 5.12. The molecule has 0 bridgehead atoms. The topological polar surface area (TPSA) is 94.7 Å². The van der Waals surface area contributed by atoms with Crippen molar-refractivity contribution in [2.75, 3.05) is 0 Å². The van der Waals surface area contributed by atoms with E-state index in [2.05, 4.69) is 20.5 Å².